The number of ether oxygens (including phenoxy) is 3. The van der Waals surface area contributed by atoms with Crippen molar-refractivity contribution in [2.75, 3.05) is 26.1 Å². The van der Waals surface area contributed by atoms with Crippen molar-refractivity contribution in [1.29, 1.82) is 0 Å². The fraction of sp³-hybridized carbons (Fsp3) is 0.500. The normalized spacial score (nSPS) is 16.8. The summed E-state index contributed by atoms with van der Waals surface area (Å²) in [5.74, 6) is 0.126. The predicted molar refractivity (Wildman–Crippen MR) is 61.8 cm³/mol. The maximum absolute atomic E-state index is 13.3. The number of benzene rings is 1. The Labute approximate surface area is 99.5 Å². The minimum atomic E-state index is -0.482. The lowest BCUT2D eigenvalue weighted by molar-refractivity contribution is 0.0257. The predicted octanol–water partition coefficient (Wildman–Crippen LogP) is 1.97. The van der Waals surface area contributed by atoms with Crippen molar-refractivity contribution in [3.8, 4) is 11.5 Å². The molecule has 0 aromatic heterocycles. The maximum Gasteiger partial charge on any atom is 0.167 e. The van der Waals surface area contributed by atoms with E-state index in [4.69, 9.17) is 19.9 Å². The van der Waals surface area contributed by atoms with Gasteiger partial charge < -0.3 is 19.9 Å². The molecule has 1 fully saturated rings. The number of nitrogen functional groups attached to an aromatic ring is 1. The summed E-state index contributed by atoms with van der Waals surface area (Å²) in [5.41, 5.74) is 6.00. The van der Waals surface area contributed by atoms with Gasteiger partial charge in [0.1, 0.15) is 11.9 Å². The van der Waals surface area contributed by atoms with E-state index in [0.29, 0.717) is 19.0 Å². The molecule has 1 heterocycles. The van der Waals surface area contributed by atoms with E-state index in [1.165, 1.54) is 19.2 Å². The van der Waals surface area contributed by atoms with Crippen LogP contribution >= 0.6 is 0 Å². The zero-order valence-electron chi connectivity index (χ0n) is 9.74. The Bertz CT molecular complexity index is 392. The Kier molecular flexibility index (Phi) is 3.68. The van der Waals surface area contributed by atoms with E-state index in [-0.39, 0.29) is 17.5 Å². The molecule has 0 bridgehead atoms. The third kappa shape index (κ3) is 2.79. The Morgan fingerprint density at radius 3 is 2.65 bits per heavy atom. The Morgan fingerprint density at radius 1 is 1.29 bits per heavy atom. The molecule has 0 spiro atoms. The average molecular weight is 241 g/mol. The quantitative estimate of drug-likeness (QED) is 0.822. The summed E-state index contributed by atoms with van der Waals surface area (Å²) in [6.07, 6.45) is 1.71. The van der Waals surface area contributed by atoms with Gasteiger partial charge in [-0.2, -0.15) is 0 Å². The summed E-state index contributed by atoms with van der Waals surface area (Å²) in [6.45, 7) is 1.37. The number of anilines is 1. The second-order valence-corrected chi connectivity index (χ2v) is 3.95. The molecular formula is C12H16FNO3. The number of rotatable bonds is 3. The highest BCUT2D eigenvalue weighted by Gasteiger charge is 2.18. The number of methoxy groups -OCH3 is 1. The first-order chi connectivity index (χ1) is 8.20. The molecule has 0 saturated carbocycles. The lowest BCUT2D eigenvalue weighted by Gasteiger charge is -2.24. The van der Waals surface area contributed by atoms with Crippen LogP contribution in [0.5, 0.6) is 11.5 Å². The van der Waals surface area contributed by atoms with Crippen molar-refractivity contribution < 1.29 is 18.6 Å². The minimum absolute atomic E-state index is 0.0706. The van der Waals surface area contributed by atoms with Gasteiger partial charge in [-0.1, -0.05) is 0 Å². The van der Waals surface area contributed by atoms with Crippen LogP contribution in [0.1, 0.15) is 12.8 Å². The van der Waals surface area contributed by atoms with Gasteiger partial charge in [-0.25, -0.2) is 4.39 Å². The zero-order chi connectivity index (χ0) is 12.3. The van der Waals surface area contributed by atoms with Gasteiger partial charge in [0.2, 0.25) is 0 Å². The molecule has 0 unspecified atom stereocenters. The van der Waals surface area contributed by atoms with E-state index >= 15 is 0 Å². The van der Waals surface area contributed by atoms with E-state index in [0.717, 1.165) is 12.8 Å². The van der Waals surface area contributed by atoms with Crippen LogP contribution < -0.4 is 15.2 Å². The molecule has 2 N–H and O–H groups in total. The third-order valence-corrected chi connectivity index (χ3v) is 2.75. The number of hydrogen-bond donors (Lipinski definition) is 1. The van der Waals surface area contributed by atoms with Gasteiger partial charge in [0.15, 0.2) is 11.6 Å². The highest BCUT2D eigenvalue weighted by molar-refractivity contribution is 5.56. The van der Waals surface area contributed by atoms with Crippen molar-refractivity contribution >= 4 is 5.69 Å². The maximum atomic E-state index is 13.3. The zero-order valence-corrected chi connectivity index (χ0v) is 9.74. The summed E-state index contributed by atoms with van der Waals surface area (Å²) in [4.78, 5) is 0. The molecule has 4 nitrogen and oxygen atoms in total. The van der Waals surface area contributed by atoms with Crippen molar-refractivity contribution in [3.63, 3.8) is 0 Å². The summed E-state index contributed by atoms with van der Waals surface area (Å²) in [7, 11) is 1.41. The van der Waals surface area contributed by atoms with Crippen molar-refractivity contribution in [2.45, 2.75) is 18.9 Å². The lowest BCUT2D eigenvalue weighted by atomic mass is 10.1. The van der Waals surface area contributed by atoms with Gasteiger partial charge in [-0.15, -0.1) is 0 Å². The summed E-state index contributed by atoms with van der Waals surface area (Å²) in [6, 6.07) is 2.70. The molecule has 94 valence electrons. The lowest BCUT2D eigenvalue weighted by Crippen LogP contribution is -2.26. The van der Waals surface area contributed by atoms with E-state index in [1.807, 2.05) is 0 Å². The molecule has 17 heavy (non-hydrogen) atoms. The van der Waals surface area contributed by atoms with Gasteiger partial charge >= 0.3 is 0 Å². The van der Waals surface area contributed by atoms with Gasteiger partial charge in [0.05, 0.1) is 26.0 Å². The highest BCUT2D eigenvalue weighted by Crippen LogP contribution is 2.31. The minimum Gasteiger partial charge on any atom is -0.494 e. The van der Waals surface area contributed by atoms with Crippen molar-refractivity contribution in [1.82, 2.24) is 0 Å². The molecule has 1 aliphatic rings. The van der Waals surface area contributed by atoms with Gasteiger partial charge in [0, 0.05) is 25.0 Å². The second kappa shape index (κ2) is 5.23. The third-order valence-electron chi connectivity index (χ3n) is 2.75. The van der Waals surface area contributed by atoms with Gasteiger partial charge in [-0.05, 0) is 0 Å². The van der Waals surface area contributed by atoms with Crippen LogP contribution in [0.25, 0.3) is 0 Å². The summed E-state index contributed by atoms with van der Waals surface area (Å²) < 4.78 is 29.2. The summed E-state index contributed by atoms with van der Waals surface area (Å²) in [5, 5.41) is 0. The molecule has 2 rings (SSSR count). The highest BCUT2D eigenvalue weighted by atomic mass is 19.1. The van der Waals surface area contributed by atoms with Crippen molar-refractivity contribution in [3.05, 3.63) is 17.9 Å². The topological polar surface area (TPSA) is 53.7 Å². The fourth-order valence-electron chi connectivity index (χ4n) is 1.78. The monoisotopic (exact) mass is 241 g/mol. The van der Waals surface area contributed by atoms with E-state index in [2.05, 4.69) is 0 Å². The van der Waals surface area contributed by atoms with Crippen LogP contribution in [0.15, 0.2) is 12.1 Å². The Hall–Kier alpha value is -1.49. The van der Waals surface area contributed by atoms with Gasteiger partial charge in [0.25, 0.3) is 0 Å². The number of halogens is 1. The van der Waals surface area contributed by atoms with Crippen LogP contribution in [0.2, 0.25) is 0 Å². The molecule has 0 amide bonds. The fourth-order valence-corrected chi connectivity index (χ4v) is 1.78. The smallest absolute Gasteiger partial charge is 0.167 e. The second-order valence-electron chi connectivity index (χ2n) is 3.95. The molecule has 5 heteroatoms. The standard InChI is InChI=1S/C12H16FNO3/c1-15-11-7-12(10(14)6-9(11)13)17-8-2-4-16-5-3-8/h6-8H,2-5,14H2,1H3. The Morgan fingerprint density at radius 2 is 2.00 bits per heavy atom. The van der Waals surface area contributed by atoms with Crippen molar-refractivity contribution in [2.24, 2.45) is 0 Å². The Balaban J connectivity index is 2.13. The van der Waals surface area contributed by atoms with Crippen LogP contribution in [0.3, 0.4) is 0 Å². The molecule has 1 aromatic rings. The molecule has 1 saturated heterocycles. The molecule has 1 aromatic carbocycles. The van der Waals surface area contributed by atoms with Crippen LogP contribution in [0.4, 0.5) is 10.1 Å². The molecule has 0 aliphatic carbocycles. The largest absolute Gasteiger partial charge is 0.494 e. The van der Waals surface area contributed by atoms with Gasteiger partial charge in [-0.3, -0.25) is 0 Å². The first-order valence-electron chi connectivity index (χ1n) is 5.58. The number of nitrogens with two attached hydrogens (primary N) is 1. The van der Waals surface area contributed by atoms with E-state index < -0.39 is 5.82 Å². The number of hydrogen-bond acceptors (Lipinski definition) is 4. The van der Waals surface area contributed by atoms with Crippen LogP contribution in [0, 0.1) is 5.82 Å². The van der Waals surface area contributed by atoms with Crippen LogP contribution in [-0.4, -0.2) is 26.4 Å². The average Bonchev–Trinajstić information content (AvgIpc) is 2.34. The van der Waals surface area contributed by atoms with E-state index in [1.54, 1.807) is 0 Å². The molecular weight excluding hydrogens is 225 g/mol. The first kappa shape index (κ1) is 12.0. The summed E-state index contributed by atoms with van der Waals surface area (Å²) >= 11 is 0. The first-order valence-corrected chi connectivity index (χ1v) is 5.58. The van der Waals surface area contributed by atoms with Crippen LogP contribution in [-0.2, 0) is 4.74 Å². The molecule has 0 radical (unpaired) electrons. The SMILES string of the molecule is COc1cc(OC2CCOCC2)c(N)cc1F. The van der Waals surface area contributed by atoms with E-state index in [9.17, 15) is 4.39 Å². The molecule has 1 aliphatic heterocycles. The molecule has 0 atom stereocenters.